The Labute approximate surface area is 260 Å². The number of hydrogen-bond donors (Lipinski definition) is 2. The van der Waals surface area contributed by atoms with Crippen LogP contribution in [0.5, 0.6) is 0 Å². The van der Waals surface area contributed by atoms with Crippen molar-refractivity contribution >= 4 is 41.0 Å². The number of esters is 1. The van der Waals surface area contributed by atoms with E-state index in [2.05, 4.69) is 24.1 Å². The predicted octanol–water partition coefficient (Wildman–Crippen LogP) is 6.77. The molecular weight excluding hydrogens is 568 g/mol. The summed E-state index contributed by atoms with van der Waals surface area (Å²) >= 11 is 1.10. The van der Waals surface area contributed by atoms with Gasteiger partial charge in [0.05, 0.1) is 10.6 Å². The molecule has 0 radical (unpaired) electrons. The Kier molecular flexibility index (Phi) is 11.3. The van der Waals surface area contributed by atoms with E-state index in [1.807, 2.05) is 20.8 Å². The van der Waals surface area contributed by atoms with Gasteiger partial charge in [-0.15, -0.1) is 11.3 Å². The van der Waals surface area contributed by atoms with Gasteiger partial charge in [-0.2, -0.15) is 0 Å². The summed E-state index contributed by atoms with van der Waals surface area (Å²) < 4.78 is 10.9. The molecule has 1 aromatic rings. The average Bonchev–Trinajstić information content (AvgIpc) is 3.31. The number of anilines is 1. The molecule has 0 bridgehead atoms. The van der Waals surface area contributed by atoms with Crippen LogP contribution in [0.15, 0.2) is 6.07 Å². The summed E-state index contributed by atoms with van der Waals surface area (Å²) in [6, 6.07) is 0.651. The monoisotopic (exact) mass is 616 g/mol. The minimum atomic E-state index is -1.08. The summed E-state index contributed by atoms with van der Waals surface area (Å²) in [5.41, 5.74) is -0.527. The first-order valence-corrected chi connectivity index (χ1v) is 16.2. The molecule has 1 aromatic heterocycles. The van der Waals surface area contributed by atoms with Crippen LogP contribution in [0, 0.1) is 29.1 Å². The first-order valence-electron chi connectivity index (χ1n) is 15.4. The lowest BCUT2D eigenvalue weighted by atomic mass is 9.81. The molecule has 0 aromatic carbocycles. The topological polar surface area (TPSA) is 122 Å². The van der Waals surface area contributed by atoms with Gasteiger partial charge in [-0.25, -0.2) is 14.4 Å². The summed E-state index contributed by atoms with van der Waals surface area (Å²) in [7, 11) is 0. The van der Waals surface area contributed by atoms with Gasteiger partial charge >= 0.3 is 18.0 Å². The molecule has 9 nitrogen and oxygen atoms in total. The largest absolute Gasteiger partial charge is 0.477 e. The Bertz CT molecular complexity index is 1230. The highest BCUT2D eigenvalue weighted by molar-refractivity contribution is 7.15. The zero-order chi connectivity index (χ0) is 32.1. The van der Waals surface area contributed by atoms with Gasteiger partial charge in [0.25, 0.3) is 0 Å². The minimum Gasteiger partial charge on any atom is -0.477 e. The lowest BCUT2D eigenvalue weighted by Crippen LogP contribution is -2.48. The van der Waals surface area contributed by atoms with Gasteiger partial charge in [-0.3, -0.25) is 4.79 Å². The molecule has 3 rings (SSSR count). The second-order valence-electron chi connectivity index (χ2n) is 14.0. The summed E-state index contributed by atoms with van der Waals surface area (Å²) in [5.74, 6) is 5.05. The van der Waals surface area contributed by atoms with Crippen LogP contribution in [0.4, 0.5) is 10.5 Å². The number of carbonyl (C=O) groups excluding carboxylic acids is 3. The number of rotatable bonds is 7. The van der Waals surface area contributed by atoms with E-state index in [0.717, 1.165) is 37.0 Å². The van der Waals surface area contributed by atoms with Gasteiger partial charge in [0.15, 0.2) is 0 Å². The number of carbonyl (C=O) groups is 4. The van der Waals surface area contributed by atoms with Crippen LogP contribution in [0.1, 0.15) is 121 Å². The molecule has 2 aliphatic rings. The number of alkyl carbamates (subject to hydrolysis) is 1. The third-order valence-corrected chi connectivity index (χ3v) is 8.74. The van der Waals surface area contributed by atoms with Crippen LogP contribution in [0.25, 0.3) is 0 Å². The molecule has 0 saturated heterocycles. The SMILES string of the molecule is CC1CCC(C(=O)N(c2cc(C#CC(C)(C)C)sc2C(=O)O)C2CCC(OC(=O)[C@@H](C)NC(=O)OC(C)(C)C)CC2)CC1. The highest BCUT2D eigenvalue weighted by atomic mass is 32.1. The molecule has 2 amide bonds. The van der Waals surface area contributed by atoms with E-state index < -0.39 is 29.7 Å². The third kappa shape index (κ3) is 10.3. The van der Waals surface area contributed by atoms with Crippen LogP contribution in [0.3, 0.4) is 0 Å². The van der Waals surface area contributed by atoms with E-state index in [9.17, 15) is 24.3 Å². The Hall–Kier alpha value is -3.06. The number of carboxylic acids is 1. The van der Waals surface area contributed by atoms with Gasteiger partial charge in [-0.1, -0.05) is 18.8 Å². The van der Waals surface area contributed by atoms with Crippen LogP contribution < -0.4 is 10.2 Å². The fourth-order valence-electron chi connectivity index (χ4n) is 5.45. The van der Waals surface area contributed by atoms with Crippen molar-refractivity contribution in [2.75, 3.05) is 4.90 Å². The summed E-state index contributed by atoms with van der Waals surface area (Å²) in [4.78, 5) is 53.7. The highest BCUT2D eigenvalue weighted by Gasteiger charge is 2.38. The van der Waals surface area contributed by atoms with Crippen molar-refractivity contribution in [2.45, 2.75) is 131 Å². The fourth-order valence-corrected chi connectivity index (χ4v) is 6.30. The van der Waals surface area contributed by atoms with Crippen molar-refractivity contribution in [2.24, 2.45) is 17.3 Å². The Morgan fingerprint density at radius 2 is 1.60 bits per heavy atom. The molecule has 0 unspecified atom stereocenters. The van der Waals surface area contributed by atoms with Gasteiger partial charge in [0.2, 0.25) is 5.91 Å². The van der Waals surface area contributed by atoms with Crippen LogP contribution in [-0.4, -0.2) is 52.8 Å². The maximum absolute atomic E-state index is 14.1. The fraction of sp³-hybridized carbons (Fsp3) is 0.697. The summed E-state index contributed by atoms with van der Waals surface area (Å²) in [6.07, 6.45) is 4.61. The molecule has 0 aliphatic heterocycles. The number of nitrogens with zero attached hydrogens (tertiary/aromatic N) is 1. The van der Waals surface area contributed by atoms with Crippen LogP contribution >= 0.6 is 11.3 Å². The number of thiophene rings is 1. The zero-order valence-electron chi connectivity index (χ0n) is 26.9. The van der Waals surface area contributed by atoms with Gasteiger partial charge in [0.1, 0.15) is 22.6 Å². The zero-order valence-corrected chi connectivity index (χ0v) is 27.7. The molecule has 238 valence electrons. The minimum absolute atomic E-state index is 0.0295. The lowest BCUT2D eigenvalue weighted by Gasteiger charge is -2.39. The Balaban J connectivity index is 1.78. The molecule has 2 fully saturated rings. The van der Waals surface area contributed by atoms with Crippen molar-refractivity contribution in [1.82, 2.24) is 5.32 Å². The van der Waals surface area contributed by atoms with Gasteiger partial charge < -0.3 is 24.8 Å². The number of ether oxygens (including phenoxy) is 2. The van der Waals surface area contributed by atoms with E-state index >= 15 is 0 Å². The van der Waals surface area contributed by atoms with Crippen molar-refractivity contribution in [3.8, 4) is 11.8 Å². The maximum atomic E-state index is 14.1. The number of hydrogen-bond acceptors (Lipinski definition) is 7. The standard InChI is InChI=1S/C33H48N2O7S/c1-20-9-11-22(12-10-20)28(36)35(26-19-25(17-18-32(3,4)5)43-27(26)29(37)38)23-13-15-24(16-14-23)41-30(39)21(2)34-31(40)42-33(6,7)8/h19-24H,9-16H2,1-8H3,(H,34,40)(H,37,38)/t20?,21-,22?,23?,24?/m1/s1. The second-order valence-corrected chi connectivity index (χ2v) is 15.1. The maximum Gasteiger partial charge on any atom is 0.408 e. The number of amides is 2. The molecule has 2 saturated carbocycles. The van der Waals surface area contributed by atoms with Crippen LogP contribution in [0.2, 0.25) is 0 Å². The first kappa shape index (κ1) is 34.4. The molecule has 0 spiro atoms. The Morgan fingerprint density at radius 3 is 2.14 bits per heavy atom. The molecule has 2 N–H and O–H groups in total. The molecule has 1 heterocycles. The first-order chi connectivity index (χ1) is 19.9. The molecule has 10 heteroatoms. The van der Waals surface area contributed by atoms with Gasteiger partial charge in [0, 0.05) is 17.4 Å². The summed E-state index contributed by atoms with van der Waals surface area (Å²) in [6.45, 7) is 15.0. The molecule has 1 atom stereocenters. The van der Waals surface area contributed by atoms with Crippen molar-refractivity contribution in [1.29, 1.82) is 0 Å². The molecular formula is C33H48N2O7S. The normalized spacial score (nSPS) is 23.3. The van der Waals surface area contributed by atoms with Crippen molar-refractivity contribution < 1.29 is 33.8 Å². The smallest absolute Gasteiger partial charge is 0.408 e. The van der Waals surface area contributed by atoms with E-state index in [-0.39, 0.29) is 34.3 Å². The number of carboxylic acid groups (broad SMARTS) is 1. The molecule has 2 aliphatic carbocycles. The second kappa shape index (κ2) is 14.1. The van der Waals surface area contributed by atoms with E-state index in [1.54, 1.807) is 38.7 Å². The number of aromatic carboxylic acids is 1. The lowest BCUT2D eigenvalue weighted by molar-refractivity contribution is -0.152. The van der Waals surface area contributed by atoms with Gasteiger partial charge in [-0.05, 0) is 112 Å². The van der Waals surface area contributed by atoms with E-state index in [4.69, 9.17) is 9.47 Å². The quantitative estimate of drug-likeness (QED) is 0.256. The highest BCUT2D eigenvalue weighted by Crippen LogP contribution is 2.39. The van der Waals surface area contributed by atoms with E-state index in [0.29, 0.717) is 42.2 Å². The third-order valence-electron chi connectivity index (χ3n) is 7.71. The van der Waals surface area contributed by atoms with Crippen LogP contribution in [-0.2, 0) is 19.1 Å². The average molecular weight is 617 g/mol. The molecule has 43 heavy (non-hydrogen) atoms. The predicted molar refractivity (Wildman–Crippen MR) is 167 cm³/mol. The van der Waals surface area contributed by atoms with Crippen molar-refractivity contribution in [3.05, 3.63) is 15.8 Å². The van der Waals surface area contributed by atoms with E-state index in [1.165, 1.54) is 0 Å². The number of nitrogens with one attached hydrogen (secondary N) is 1. The Morgan fingerprint density at radius 1 is 1.00 bits per heavy atom. The summed E-state index contributed by atoms with van der Waals surface area (Å²) in [5, 5.41) is 12.6. The van der Waals surface area contributed by atoms with Crippen molar-refractivity contribution in [3.63, 3.8) is 0 Å².